The lowest BCUT2D eigenvalue weighted by molar-refractivity contribution is 0.0511. The van der Waals surface area contributed by atoms with Crippen LogP contribution in [0, 0.1) is 0 Å². The third-order valence-corrected chi connectivity index (χ3v) is 4.89. The van der Waals surface area contributed by atoms with Crippen molar-refractivity contribution in [3.63, 3.8) is 0 Å². The average molecular weight is 383 g/mol. The van der Waals surface area contributed by atoms with Gasteiger partial charge in [0.05, 0.1) is 12.1 Å². The first-order valence-electron chi connectivity index (χ1n) is 9.51. The molecule has 1 heterocycles. The van der Waals surface area contributed by atoms with Crippen molar-refractivity contribution in [1.82, 2.24) is 15.3 Å². The fraction of sp³-hybridized carbons (Fsp3) is 0.409. The van der Waals surface area contributed by atoms with Crippen LogP contribution in [0.1, 0.15) is 29.7 Å². The van der Waals surface area contributed by atoms with Gasteiger partial charge in [-0.1, -0.05) is 36.4 Å². The molecule has 6 heteroatoms. The maximum Gasteiger partial charge on any atom is 0.188 e. The van der Waals surface area contributed by atoms with E-state index in [-0.39, 0.29) is 18.9 Å². The molecule has 0 radical (unpaired) electrons. The van der Waals surface area contributed by atoms with Gasteiger partial charge in [-0.15, -0.1) is 0 Å². The zero-order valence-electron chi connectivity index (χ0n) is 17.3. The van der Waals surface area contributed by atoms with E-state index in [0.29, 0.717) is 0 Å². The van der Waals surface area contributed by atoms with Crippen LogP contribution in [-0.4, -0.2) is 56.8 Å². The molecule has 0 spiro atoms. The highest BCUT2D eigenvalue weighted by atomic mass is 16.7. The van der Waals surface area contributed by atoms with Gasteiger partial charge >= 0.3 is 0 Å². The molecule has 1 aliphatic rings. The summed E-state index contributed by atoms with van der Waals surface area (Å²) in [5.74, 6) is 1.72. The number of amidine groups is 1. The van der Waals surface area contributed by atoms with E-state index >= 15 is 0 Å². The molecule has 3 rings (SSSR count). The normalized spacial score (nSPS) is 17.9. The summed E-state index contributed by atoms with van der Waals surface area (Å²) in [6, 6.07) is 16.8. The second kappa shape index (κ2) is 9.19. The van der Waals surface area contributed by atoms with E-state index in [2.05, 4.69) is 72.8 Å². The summed E-state index contributed by atoms with van der Waals surface area (Å²) in [6.07, 6.45) is 0. The summed E-state index contributed by atoms with van der Waals surface area (Å²) < 4.78 is 10.5. The van der Waals surface area contributed by atoms with Crippen LogP contribution < -0.4 is 10.2 Å². The maximum absolute atomic E-state index is 5.50. The first-order valence-corrected chi connectivity index (χ1v) is 9.51. The van der Waals surface area contributed by atoms with Crippen molar-refractivity contribution in [1.29, 1.82) is 0 Å². The van der Waals surface area contributed by atoms with Crippen molar-refractivity contribution in [2.24, 2.45) is 4.99 Å². The number of rotatable bonds is 7. The van der Waals surface area contributed by atoms with Gasteiger partial charge in [-0.25, -0.2) is 5.01 Å². The van der Waals surface area contributed by atoms with Crippen LogP contribution in [0.5, 0.6) is 5.75 Å². The molecule has 0 unspecified atom stereocenters. The van der Waals surface area contributed by atoms with Crippen LogP contribution in [-0.2, 0) is 11.3 Å². The lowest BCUT2D eigenvalue weighted by atomic mass is 9.99. The first-order chi connectivity index (χ1) is 13.5. The molecule has 0 amide bonds. The Morgan fingerprint density at radius 1 is 1.14 bits per heavy atom. The van der Waals surface area contributed by atoms with Crippen LogP contribution in [0.4, 0.5) is 0 Å². The molecule has 0 bridgehead atoms. The smallest absolute Gasteiger partial charge is 0.188 e. The number of methoxy groups -OCH3 is 1. The number of hydrazine groups is 1. The largest absolute Gasteiger partial charge is 0.468 e. The molecule has 0 saturated carbocycles. The van der Waals surface area contributed by atoms with Crippen molar-refractivity contribution in [3.05, 3.63) is 65.2 Å². The van der Waals surface area contributed by atoms with Crippen molar-refractivity contribution in [2.45, 2.75) is 25.6 Å². The quantitative estimate of drug-likeness (QED) is 0.746. The fourth-order valence-corrected chi connectivity index (χ4v) is 3.69. The molecule has 2 atom stereocenters. The fourth-order valence-electron chi connectivity index (χ4n) is 3.69. The van der Waals surface area contributed by atoms with Gasteiger partial charge in [0.15, 0.2) is 6.79 Å². The SMILES string of the molecule is COCOc1ccc([C@@H]([C@H](C)N=C2NN(C)Cc3ccccc32)N(C)C)cc1. The van der Waals surface area contributed by atoms with E-state index in [1.165, 1.54) is 16.7 Å². The number of likely N-dealkylation sites (N-methyl/N-ethyl adjacent to an activating group) is 1. The Morgan fingerprint density at radius 3 is 2.54 bits per heavy atom. The van der Waals surface area contributed by atoms with Crippen LogP contribution in [0.25, 0.3) is 0 Å². The molecule has 1 aliphatic heterocycles. The number of aliphatic imine (C=N–C) groups is 1. The number of hydrogen-bond acceptors (Lipinski definition) is 5. The van der Waals surface area contributed by atoms with E-state index < -0.39 is 0 Å². The summed E-state index contributed by atoms with van der Waals surface area (Å²) in [6.45, 7) is 3.27. The molecule has 150 valence electrons. The minimum absolute atomic E-state index is 0.0581. The van der Waals surface area contributed by atoms with Crippen LogP contribution >= 0.6 is 0 Å². The zero-order valence-corrected chi connectivity index (χ0v) is 17.3. The summed E-state index contributed by atoms with van der Waals surface area (Å²) in [4.78, 5) is 7.28. The number of nitrogens with zero attached hydrogens (tertiary/aromatic N) is 3. The standard InChI is InChI=1S/C22H30N4O2/c1-16(23-22-20-9-7-6-8-18(20)14-26(4)24-22)21(25(2)3)17-10-12-19(13-11-17)28-15-27-5/h6-13,16,21H,14-15H2,1-5H3,(H,23,24)/t16-,21+/m0/s1. The van der Waals surface area contributed by atoms with Crippen molar-refractivity contribution >= 4 is 5.84 Å². The Hall–Kier alpha value is -2.41. The van der Waals surface area contributed by atoms with Crippen molar-refractivity contribution < 1.29 is 9.47 Å². The van der Waals surface area contributed by atoms with Gasteiger partial charge in [-0.3, -0.25) is 4.99 Å². The van der Waals surface area contributed by atoms with Crippen LogP contribution in [0.15, 0.2) is 53.5 Å². The summed E-state index contributed by atoms with van der Waals surface area (Å²) in [7, 11) is 7.83. The number of nitrogens with one attached hydrogen (secondary N) is 1. The first kappa shape index (κ1) is 20.3. The molecular formula is C22H30N4O2. The predicted molar refractivity (Wildman–Crippen MR) is 112 cm³/mol. The van der Waals surface area contributed by atoms with Crippen molar-refractivity contribution in [2.75, 3.05) is 35.0 Å². The molecule has 28 heavy (non-hydrogen) atoms. The van der Waals surface area contributed by atoms with Gasteiger partial charge in [0.25, 0.3) is 0 Å². The van der Waals surface area contributed by atoms with Gasteiger partial charge < -0.3 is 19.8 Å². The minimum atomic E-state index is 0.0581. The summed E-state index contributed by atoms with van der Waals surface area (Å²) >= 11 is 0. The molecular weight excluding hydrogens is 352 g/mol. The molecule has 6 nitrogen and oxygen atoms in total. The molecule has 2 aromatic rings. The van der Waals surface area contributed by atoms with E-state index in [4.69, 9.17) is 14.5 Å². The highest BCUT2D eigenvalue weighted by molar-refractivity contribution is 6.00. The topological polar surface area (TPSA) is 49.3 Å². The predicted octanol–water partition coefficient (Wildman–Crippen LogP) is 3.06. The molecule has 0 aliphatic carbocycles. The van der Waals surface area contributed by atoms with Gasteiger partial charge in [-0.2, -0.15) is 0 Å². The maximum atomic E-state index is 5.50. The third-order valence-electron chi connectivity index (χ3n) is 4.89. The number of benzene rings is 2. The number of fused-ring (bicyclic) bond motifs is 1. The Labute approximate surface area is 167 Å². The zero-order chi connectivity index (χ0) is 20.1. The Kier molecular flexibility index (Phi) is 6.67. The van der Waals surface area contributed by atoms with Gasteiger partial charge in [0.2, 0.25) is 0 Å². The van der Waals surface area contributed by atoms with E-state index in [9.17, 15) is 0 Å². The van der Waals surface area contributed by atoms with E-state index in [1.807, 2.05) is 19.2 Å². The third kappa shape index (κ3) is 4.70. The molecule has 0 aromatic heterocycles. The highest BCUT2D eigenvalue weighted by Crippen LogP contribution is 2.27. The van der Waals surface area contributed by atoms with E-state index in [0.717, 1.165) is 18.1 Å². The number of ether oxygens (including phenoxy) is 2. The van der Waals surface area contributed by atoms with Gasteiger partial charge in [0.1, 0.15) is 11.6 Å². The summed E-state index contributed by atoms with van der Waals surface area (Å²) in [5, 5.41) is 2.07. The van der Waals surface area contributed by atoms with Gasteiger partial charge in [0, 0.05) is 26.3 Å². The van der Waals surface area contributed by atoms with Crippen molar-refractivity contribution in [3.8, 4) is 5.75 Å². The molecule has 2 aromatic carbocycles. The Balaban J connectivity index is 1.86. The Bertz CT molecular complexity index is 804. The molecule has 1 N–H and O–H groups in total. The second-order valence-electron chi connectivity index (χ2n) is 7.37. The highest BCUT2D eigenvalue weighted by Gasteiger charge is 2.24. The lowest BCUT2D eigenvalue weighted by Gasteiger charge is -2.32. The molecule has 0 fully saturated rings. The van der Waals surface area contributed by atoms with Crippen LogP contribution in [0.3, 0.4) is 0 Å². The van der Waals surface area contributed by atoms with E-state index in [1.54, 1.807) is 7.11 Å². The number of hydrogen-bond donors (Lipinski definition) is 1. The summed E-state index contributed by atoms with van der Waals surface area (Å²) in [5.41, 5.74) is 7.07. The monoisotopic (exact) mass is 382 g/mol. The Morgan fingerprint density at radius 2 is 1.86 bits per heavy atom. The van der Waals surface area contributed by atoms with Crippen LogP contribution in [0.2, 0.25) is 0 Å². The molecule has 0 saturated heterocycles. The van der Waals surface area contributed by atoms with Gasteiger partial charge in [-0.05, 0) is 44.3 Å². The lowest BCUT2D eigenvalue weighted by Crippen LogP contribution is -2.45. The average Bonchev–Trinajstić information content (AvgIpc) is 2.67. The second-order valence-corrected chi connectivity index (χ2v) is 7.37. The minimum Gasteiger partial charge on any atom is -0.468 e.